The molecule has 1 unspecified atom stereocenters. The first-order valence-electron chi connectivity index (χ1n) is 5.68. The number of nitrogen functional groups attached to an aromatic ring is 1. The van der Waals surface area contributed by atoms with Crippen molar-refractivity contribution < 1.29 is 4.79 Å². The summed E-state index contributed by atoms with van der Waals surface area (Å²) in [6.45, 7) is 1.83. The number of nitrogens with two attached hydrogens (primary N) is 1. The lowest BCUT2D eigenvalue weighted by molar-refractivity contribution is 0.0939. The number of carbonyl (C=O) groups excluding carboxylic acids is 1. The number of halogens is 1. The van der Waals surface area contributed by atoms with Crippen LogP contribution in [0.1, 0.15) is 29.1 Å². The number of aromatic nitrogens is 2. The van der Waals surface area contributed by atoms with E-state index in [2.05, 4.69) is 20.7 Å². The molecule has 100 valence electrons. The number of carbonyl (C=O) groups is 1. The Balaban J connectivity index is 2.18. The maximum absolute atomic E-state index is 12.2. The number of hydrazine groups is 1. The van der Waals surface area contributed by atoms with Crippen LogP contribution in [0.2, 0.25) is 5.02 Å². The van der Waals surface area contributed by atoms with E-state index in [0.29, 0.717) is 22.1 Å². The highest BCUT2D eigenvalue weighted by Crippen LogP contribution is 2.20. The minimum absolute atomic E-state index is 0.243. The summed E-state index contributed by atoms with van der Waals surface area (Å²) >= 11 is 5.89. The summed E-state index contributed by atoms with van der Waals surface area (Å²) in [5.41, 5.74) is 3.36. The fourth-order valence-electron chi connectivity index (χ4n) is 1.69. The maximum Gasteiger partial charge on any atom is 0.254 e. The van der Waals surface area contributed by atoms with Crippen molar-refractivity contribution >= 4 is 23.2 Å². The molecule has 0 saturated heterocycles. The Labute approximate surface area is 115 Å². The number of nitrogens with one attached hydrogen (secondary N) is 3. The molecule has 2 rings (SSSR count). The molecule has 1 aromatic heterocycles. The van der Waals surface area contributed by atoms with E-state index < -0.39 is 0 Å². The van der Waals surface area contributed by atoms with Crippen molar-refractivity contribution in [3.63, 3.8) is 0 Å². The molecule has 0 saturated carbocycles. The van der Waals surface area contributed by atoms with Crippen LogP contribution < -0.4 is 16.6 Å². The van der Waals surface area contributed by atoms with Gasteiger partial charge >= 0.3 is 0 Å². The first kappa shape index (κ1) is 13.4. The topological polar surface area (TPSA) is 95.8 Å². The van der Waals surface area contributed by atoms with E-state index in [-0.39, 0.29) is 11.9 Å². The second kappa shape index (κ2) is 5.73. The number of aromatic amines is 1. The lowest BCUT2D eigenvalue weighted by atomic mass is 10.1. The van der Waals surface area contributed by atoms with Crippen LogP contribution in [0.4, 0.5) is 5.69 Å². The van der Waals surface area contributed by atoms with Gasteiger partial charge in [-0.05, 0) is 25.1 Å². The average molecular weight is 280 g/mol. The van der Waals surface area contributed by atoms with E-state index in [1.54, 1.807) is 30.6 Å². The summed E-state index contributed by atoms with van der Waals surface area (Å²) in [7, 11) is 0. The Morgan fingerprint density at radius 3 is 2.95 bits per heavy atom. The number of H-pyrrole nitrogens is 1. The molecule has 1 amide bonds. The molecule has 0 aliphatic carbocycles. The number of benzene rings is 1. The molecule has 1 heterocycles. The fourth-order valence-corrected chi connectivity index (χ4v) is 1.86. The standard InChI is InChI=1S/C12H14ClN5O/c1-7(11-15-4-5-16-11)17-12(19)9-6-8(13)2-3-10(9)18-14/h2-7,18H,14H2,1H3,(H,15,16)(H,17,19). The predicted molar refractivity (Wildman–Crippen MR) is 73.7 cm³/mol. The van der Waals surface area contributed by atoms with Crippen LogP contribution in [0.5, 0.6) is 0 Å². The summed E-state index contributed by atoms with van der Waals surface area (Å²) < 4.78 is 0. The quantitative estimate of drug-likeness (QED) is 0.507. The SMILES string of the molecule is CC(NC(=O)c1cc(Cl)ccc1NN)c1ncc[nH]1. The van der Waals surface area contributed by atoms with Crippen LogP contribution in [-0.2, 0) is 0 Å². The van der Waals surface area contributed by atoms with Gasteiger partial charge in [0.25, 0.3) is 5.91 Å². The molecule has 0 fully saturated rings. The molecule has 5 N–H and O–H groups in total. The highest BCUT2D eigenvalue weighted by molar-refractivity contribution is 6.31. The highest BCUT2D eigenvalue weighted by atomic mass is 35.5. The maximum atomic E-state index is 12.2. The van der Waals surface area contributed by atoms with E-state index in [0.717, 1.165) is 0 Å². The Morgan fingerprint density at radius 1 is 1.53 bits per heavy atom. The van der Waals surface area contributed by atoms with Crippen molar-refractivity contribution in [2.75, 3.05) is 5.43 Å². The van der Waals surface area contributed by atoms with Gasteiger partial charge < -0.3 is 15.7 Å². The Hall–Kier alpha value is -2.05. The third-order valence-corrected chi connectivity index (χ3v) is 2.89. The van der Waals surface area contributed by atoms with Gasteiger partial charge in [0.1, 0.15) is 5.82 Å². The second-order valence-electron chi connectivity index (χ2n) is 4.00. The third-order valence-electron chi connectivity index (χ3n) is 2.66. The predicted octanol–water partition coefficient (Wildman–Crippen LogP) is 1.84. The summed E-state index contributed by atoms with van der Waals surface area (Å²) in [5.74, 6) is 5.77. The number of hydrogen-bond acceptors (Lipinski definition) is 4. The van der Waals surface area contributed by atoms with Crippen molar-refractivity contribution in [2.45, 2.75) is 13.0 Å². The minimum Gasteiger partial charge on any atom is -0.347 e. The largest absolute Gasteiger partial charge is 0.347 e. The number of amides is 1. The normalized spacial score (nSPS) is 11.9. The lowest BCUT2D eigenvalue weighted by Crippen LogP contribution is -2.28. The molecule has 1 atom stereocenters. The third kappa shape index (κ3) is 3.04. The van der Waals surface area contributed by atoms with Gasteiger partial charge in [0.15, 0.2) is 0 Å². The molecule has 7 heteroatoms. The van der Waals surface area contributed by atoms with Crippen LogP contribution in [-0.4, -0.2) is 15.9 Å². The smallest absolute Gasteiger partial charge is 0.254 e. The molecule has 6 nitrogen and oxygen atoms in total. The van der Waals surface area contributed by atoms with E-state index in [1.165, 1.54) is 0 Å². The zero-order valence-electron chi connectivity index (χ0n) is 10.3. The number of rotatable bonds is 4. The van der Waals surface area contributed by atoms with Crippen LogP contribution in [0.3, 0.4) is 0 Å². The highest BCUT2D eigenvalue weighted by Gasteiger charge is 2.16. The van der Waals surface area contributed by atoms with Crippen molar-refractivity contribution in [1.29, 1.82) is 0 Å². The molecule has 0 bridgehead atoms. The van der Waals surface area contributed by atoms with Gasteiger partial charge in [0, 0.05) is 17.4 Å². The van der Waals surface area contributed by atoms with E-state index in [1.807, 2.05) is 6.92 Å². The van der Waals surface area contributed by atoms with Crippen LogP contribution in [0, 0.1) is 0 Å². The monoisotopic (exact) mass is 279 g/mol. The zero-order valence-corrected chi connectivity index (χ0v) is 11.0. The van der Waals surface area contributed by atoms with Gasteiger partial charge in [-0.1, -0.05) is 11.6 Å². The molecular formula is C12H14ClN5O. The Morgan fingerprint density at radius 2 is 2.32 bits per heavy atom. The minimum atomic E-state index is -0.278. The molecule has 19 heavy (non-hydrogen) atoms. The first-order chi connectivity index (χ1) is 9.11. The molecule has 0 aliphatic heterocycles. The number of nitrogens with zero attached hydrogens (tertiary/aromatic N) is 1. The van der Waals surface area contributed by atoms with Gasteiger partial charge in [-0.2, -0.15) is 0 Å². The van der Waals surface area contributed by atoms with Crippen molar-refractivity contribution in [1.82, 2.24) is 15.3 Å². The van der Waals surface area contributed by atoms with E-state index in [4.69, 9.17) is 17.4 Å². The second-order valence-corrected chi connectivity index (χ2v) is 4.44. The number of anilines is 1. The van der Waals surface area contributed by atoms with E-state index in [9.17, 15) is 4.79 Å². The molecular weight excluding hydrogens is 266 g/mol. The molecule has 0 aliphatic rings. The lowest BCUT2D eigenvalue weighted by Gasteiger charge is -2.14. The summed E-state index contributed by atoms with van der Waals surface area (Å²) in [6.07, 6.45) is 3.33. The average Bonchev–Trinajstić information content (AvgIpc) is 2.92. The van der Waals surface area contributed by atoms with Crippen LogP contribution >= 0.6 is 11.6 Å². The van der Waals surface area contributed by atoms with Gasteiger partial charge in [0.2, 0.25) is 0 Å². The number of imidazole rings is 1. The van der Waals surface area contributed by atoms with Crippen molar-refractivity contribution in [3.05, 3.63) is 47.0 Å². The zero-order chi connectivity index (χ0) is 13.8. The van der Waals surface area contributed by atoms with Crippen LogP contribution in [0.15, 0.2) is 30.6 Å². The Kier molecular flexibility index (Phi) is 4.03. The fraction of sp³-hybridized carbons (Fsp3) is 0.167. The van der Waals surface area contributed by atoms with Crippen molar-refractivity contribution in [3.8, 4) is 0 Å². The van der Waals surface area contributed by atoms with Gasteiger partial charge in [-0.25, -0.2) is 4.98 Å². The molecule has 2 aromatic rings. The van der Waals surface area contributed by atoms with Gasteiger partial charge in [-0.15, -0.1) is 0 Å². The van der Waals surface area contributed by atoms with Gasteiger partial charge in [0.05, 0.1) is 17.3 Å². The Bertz CT molecular complexity index is 570. The molecule has 0 radical (unpaired) electrons. The van der Waals surface area contributed by atoms with Gasteiger partial charge in [-0.3, -0.25) is 10.6 Å². The summed E-state index contributed by atoms with van der Waals surface area (Å²) in [5, 5.41) is 3.28. The molecule has 1 aromatic carbocycles. The summed E-state index contributed by atoms with van der Waals surface area (Å²) in [6, 6.07) is 4.62. The van der Waals surface area contributed by atoms with E-state index >= 15 is 0 Å². The van der Waals surface area contributed by atoms with Crippen LogP contribution in [0.25, 0.3) is 0 Å². The van der Waals surface area contributed by atoms with Crippen molar-refractivity contribution in [2.24, 2.45) is 5.84 Å². The molecule has 0 spiro atoms. The first-order valence-corrected chi connectivity index (χ1v) is 6.06. The summed E-state index contributed by atoms with van der Waals surface area (Å²) in [4.78, 5) is 19.2. The number of hydrogen-bond donors (Lipinski definition) is 4.